The highest BCUT2D eigenvalue weighted by Gasteiger charge is 2.43. The Morgan fingerprint density at radius 2 is 2.32 bits per heavy atom. The summed E-state index contributed by atoms with van der Waals surface area (Å²) < 4.78 is 0. The number of aromatic nitrogens is 1. The number of nitrogens with zero attached hydrogens (tertiary/aromatic N) is 1. The van der Waals surface area contributed by atoms with Gasteiger partial charge in [-0.25, -0.2) is 4.79 Å². The summed E-state index contributed by atoms with van der Waals surface area (Å²) >= 11 is 1.44. The molecule has 19 heavy (non-hydrogen) atoms. The Balaban J connectivity index is 2.15. The number of hydrogen-bond acceptors (Lipinski definition) is 5. The lowest BCUT2D eigenvalue weighted by atomic mass is 9.99. The van der Waals surface area contributed by atoms with Gasteiger partial charge in [-0.1, -0.05) is 0 Å². The number of carboxylic acids is 1. The summed E-state index contributed by atoms with van der Waals surface area (Å²) in [6.07, 6.45) is 1.42. The molecule has 0 aliphatic carbocycles. The lowest BCUT2D eigenvalue weighted by molar-refractivity contribution is -0.384. The first-order valence-electron chi connectivity index (χ1n) is 5.41. The van der Waals surface area contributed by atoms with Crippen LogP contribution < -0.4 is 5.32 Å². The minimum absolute atomic E-state index is 0.0239. The summed E-state index contributed by atoms with van der Waals surface area (Å²) in [5, 5.41) is 22.2. The second-order valence-corrected chi connectivity index (χ2v) is 5.28. The molecule has 2 heterocycles. The number of aliphatic carboxylic acids is 1. The molecule has 2 rings (SSSR count). The molecule has 1 atom stereocenters. The van der Waals surface area contributed by atoms with Crippen molar-refractivity contribution in [3.8, 4) is 0 Å². The molecule has 1 aromatic rings. The molecule has 0 radical (unpaired) electrons. The summed E-state index contributed by atoms with van der Waals surface area (Å²) in [6.45, 7) is 0. The van der Waals surface area contributed by atoms with Crippen LogP contribution in [0.25, 0.3) is 0 Å². The van der Waals surface area contributed by atoms with Gasteiger partial charge in [0.25, 0.3) is 11.6 Å². The predicted octanol–water partition coefficient (Wildman–Crippen LogP) is 0.613. The zero-order chi connectivity index (χ0) is 14.0. The van der Waals surface area contributed by atoms with Crippen molar-refractivity contribution < 1.29 is 19.6 Å². The molecule has 1 aliphatic rings. The summed E-state index contributed by atoms with van der Waals surface area (Å²) in [6, 6.07) is 1.08. The van der Waals surface area contributed by atoms with Crippen LogP contribution in [0.3, 0.4) is 0 Å². The number of carboxylic acid groups (broad SMARTS) is 1. The molecule has 0 saturated carbocycles. The largest absolute Gasteiger partial charge is 0.479 e. The third kappa shape index (κ3) is 2.55. The maximum Gasteiger partial charge on any atom is 0.330 e. The number of hydrogen-bond donors (Lipinski definition) is 3. The number of amides is 1. The van der Waals surface area contributed by atoms with E-state index in [1.807, 2.05) is 0 Å². The Morgan fingerprint density at radius 3 is 2.79 bits per heavy atom. The van der Waals surface area contributed by atoms with Crippen molar-refractivity contribution in [2.75, 3.05) is 11.5 Å². The third-order valence-electron chi connectivity index (χ3n) is 2.91. The van der Waals surface area contributed by atoms with E-state index in [-0.39, 0.29) is 17.1 Å². The quantitative estimate of drug-likeness (QED) is 0.550. The smallest absolute Gasteiger partial charge is 0.330 e. The van der Waals surface area contributed by atoms with E-state index in [9.17, 15) is 24.8 Å². The first-order valence-corrected chi connectivity index (χ1v) is 6.56. The Labute approximate surface area is 111 Å². The molecule has 0 aromatic carbocycles. The summed E-state index contributed by atoms with van der Waals surface area (Å²) in [4.78, 5) is 35.5. The van der Waals surface area contributed by atoms with Crippen molar-refractivity contribution in [1.29, 1.82) is 0 Å². The van der Waals surface area contributed by atoms with Gasteiger partial charge >= 0.3 is 5.97 Å². The SMILES string of the molecule is O=C(NC1(C(=O)O)CCSC1)c1cc([N+](=O)[O-])c[nH]1. The predicted molar refractivity (Wildman–Crippen MR) is 67.2 cm³/mol. The normalized spacial score (nSPS) is 22.1. The van der Waals surface area contributed by atoms with E-state index in [0.717, 1.165) is 12.3 Å². The molecule has 9 heteroatoms. The number of carbonyl (C=O) groups is 2. The van der Waals surface area contributed by atoms with Crippen LogP contribution in [0.5, 0.6) is 0 Å². The molecule has 3 N–H and O–H groups in total. The van der Waals surface area contributed by atoms with Gasteiger partial charge in [0, 0.05) is 11.8 Å². The number of thioether (sulfide) groups is 1. The molecule has 1 fully saturated rings. The number of nitro groups is 1. The molecule has 1 unspecified atom stereocenters. The average molecular weight is 285 g/mol. The molecule has 1 aliphatic heterocycles. The summed E-state index contributed by atoms with van der Waals surface area (Å²) in [5.41, 5.74) is -1.55. The topological polar surface area (TPSA) is 125 Å². The van der Waals surface area contributed by atoms with Gasteiger partial charge < -0.3 is 15.4 Å². The van der Waals surface area contributed by atoms with E-state index < -0.39 is 22.3 Å². The highest BCUT2D eigenvalue weighted by atomic mass is 32.2. The van der Waals surface area contributed by atoms with Crippen LogP contribution in [0, 0.1) is 10.1 Å². The van der Waals surface area contributed by atoms with E-state index in [2.05, 4.69) is 10.3 Å². The number of rotatable bonds is 4. The van der Waals surface area contributed by atoms with E-state index in [0.29, 0.717) is 12.2 Å². The standard InChI is InChI=1S/C10H11N3O5S/c14-8(7-3-6(4-11-7)13(17)18)12-10(9(15)16)1-2-19-5-10/h3-4,11H,1-2,5H2,(H,12,14)(H,15,16). The lowest BCUT2D eigenvalue weighted by Crippen LogP contribution is -2.54. The molecule has 1 aromatic heterocycles. The van der Waals surface area contributed by atoms with E-state index in [1.165, 1.54) is 11.8 Å². The minimum atomic E-state index is -1.29. The van der Waals surface area contributed by atoms with Gasteiger partial charge in [0.2, 0.25) is 0 Å². The molecular weight excluding hydrogens is 274 g/mol. The molecule has 8 nitrogen and oxygen atoms in total. The fraction of sp³-hybridized carbons (Fsp3) is 0.400. The fourth-order valence-corrected chi connectivity index (χ4v) is 3.12. The Morgan fingerprint density at radius 1 is 1.58 bits per heavy atom. The average Bonchev–Trinajstić information content (AvgIpc) is 2.97. The molecule has 1 amide bonds. The Hall–Kier alpha value is -2.03. The van der Waals surface area contributed by atoms with E-state index in [1.54, 1.807) is 0 Å². The van der Waals surface area contributed by atoms with Gasteiger partial charge in [-0.2, -0.15) is 11.8 Å². The zero-order valence-electron chi connectivity index (χ0n) is 9.71. The van der Waals surface area contributed by atoms with Crippen molar-refractivity contribution >= 4 is 29.3 Å². The molecule has 0 spiro atoms. The molecule has 102 valence electrons. The van der Waals surface area contributed by atoms with Gasteiger partial charge in [0.05, 0.1) is 11.1 Å². The van der Waals surface area contributed by atoms with Gasteiger partial charge in [0.15, 0.2) is 0 Å². The zero-order valence-corrected chi connectivity index (χ0v) is 10.5. The van der Waals surface area contributed by atoms with Gasteiger partial charge in [0.1, 0.15) is 11.2 Å². The van der Waals surface area contributed by atoms with Crippen LogP contribution in [0.2, 0.25) is 0 Å². The minimum Gasteiger partial charge on any atom is -0.479 e. The highest BCUT2D eigenvalue weighted by Crippen LogP contribution is 2.28. The first kappa shape index (κ1) is 13.4. The summed E-state index contributed by atoms with van der Waals surface area (Å²) in [7, 11) is 0. The van der Waals surface area contributed by atoms with Crippen molar-refractivity contribution in [3.05, 3.63) is 28.1 Å². The van der Waals surface area contributed by atoms with Gasteiger partial charge in [-0.15, -0.1) is 0 Å². The van der Waals surface area contributed by atoms with Crippen LogP contribution in [0.15, 0.2) is 12.3 Å². The summed E-state index contributed by atoms with van der Waals surface area (Å²) in [5.74, 6) is -0.807. The monoisotopic (exact) mass is 285 g/mol. The van der Waals surface area contributed by atoms with Gasteiger partial charge in [-0.3, -0.25) is 14.9 Å². The lowest BCUT2D eigenvalue weighted by Gasteiger charge is -2.24. The van der Waals surface area contributed by atoms with Crippen molar-refractivity contribution in [3.63, 3.8) is 0 Å². The van der Waals surface area contributed by atoms with Crippen LogP contribution in [-0.4, -0.2) is 43.9 Å². The Kier molecular flexibility index (Phi) is 3.47. The highest BCUT2D eigenvalue weighted by molar-refractivity contribution is 7.99. The molecule has 1 saturated heterocycles. The van der Waals surface area contributed by atoms with Crippen molar-refractivity contribution in [2.45, 2.75) is 12.0 Å². The van der Waals surface area contributed by atoms with Crippen LogP contribution in [0.1, 0.15) is 16.9 Å². The fourth-order valence-electron chi connectivity index (χ4n) is 1.79. The second-order valence-electron chi connectivity index (χ2n) is 4.17. The van der Waals surface area contributed by atoms with Crippen LogP contribution in [-0.2, 0) is 4.79 Å². The second kappa shape index (κ2) is 4.92. The number of carbonyl (C=O) groups excluding carboxylic acids is 1. The molecular formula is C10H11N3O5S. The van der Waals surface area contributed by atoms with Crippen LogP contribution >= 0.6 is 11.8 Å². The van der Waals surface area contributed by atoms with Crippen LogP contribution in [0.4, 0.5) is 5.69 Å². The van der Waals surface area contributed by atoms with E-state index in [4.69, 9.17) is 0 Å². The van der Waals surface area contributed by atoms with Gasteiger partial charge in [-0.05, 0) is 12.2 Å². The first-order chi connectivity index (χ1) is 8.94. The maximum atomic E-state index is 11.9. The van der Waals surface area contributed by atoms with Crippen molar-refractivity contribution in [2.24, 2.45) is 0 Å². The van der Waals surface area contributed by atoms with E-state index >= 15 is 0 Å². The number of H-pyrrole nitrogens is 1. The maximum absolute atomic E-state index is 11.9. The van der Waals surface area contributed by atoms with Crippen molar-refractivity contribution in [1.82, 2.24) is 10.3 Å². The third-order valence-corrected chi connectivity index (χ3v) is 4.10. The molecule has 0 bridgehead atoms. The number of aromatic amines is 1. The number of nitrogens with one attached hydrogen (secondary N) is 2. The Bertz CT molecular complexity index is 535.